The van der Waals surface area contributed by atoms with Crippen LogP contribution in [-0.4, -0.2) is 4.57 Å². The van der Waals surface area contributed by atoms with Crippen LogP contribution in [0, 0.1) is 0 Å². The van der Waals surface area contributed by atoms with Gasteiger partial charge in [0, 0.05) is 31.7 Å². The number of thiophene rings is 1. The average Bonchev–Trinajstić information content (AvgIpc) is 3.63. The number of hydrogen-bond acceptors (Lipinski definition) is 1. The summed E-state index contributed by atoms with van der Waals surface area (Å²) in [4.78, 5) is 0. The van der Waals surface area contributed by atoms with E-state index in [0.717, 1.165) is 0 Å². The molecule has 41 heavy (non-hydrogen) atoms. The summed E-state index contributed by atoms with van der Waals surface area (Å²) in [5.74, 6) is 0. The maximum atomic E-state index is 2.54. The van der Waals surface area contributed by atoms with Crippen LogP contribution in [0.1, 0.15) is 25.0 Å². The fraction of sp³-hybridized carbons (Fsp3) is 0.0769. The first-order valence-corrected chi connectivity index (χ1v) is 15.2. The van der Waals surface area contributed by atoms with Crippen molar-refractivity contribution in [2.75, 3.05) is 0 Å². The number of benzene rings is 7. The first-order valence-electron chi connectivity index (χ1n) is 14.4. The van der Waals surface area contributed by atoms with E-state index >= 15 is 0 Å². The van der Waals surface area contributed by atoms with Gasteiger partial charge in [-0.15, -0.1) is 11.3 Å². The number of para-hydroxylation sites is 1. The van der Waals surface area contributed by atoms with Crippen LogP contribution < -0.4 is 0 Å². The second kappa shape index (κ2) is 7.34. The van der Waals surface area contributed by atoms with Gasteiger partial charge in [0.1, 0.15) is 0 Å². The molecule has 1 aliphatic carbocycles. The molecule has 2 heterocycles. The highest BCUT2D eigenvalue weighted by Gasteiger charge is 2.36. The molecule has 1 nitrogen and oxygen atoms in total. The molecule has 2 aromatic heterocycles. The molecule has 0 radical (unpaired) electrons. The Morgan fingerprint density at radius 1 is 0.512 bits per heavy atom. The van der Waals surface area contributed by atoms with E-state index in [-0.39, 0.29) is 5.41 Å². The van der Waals surface area contributed by atoms with Crippen molar-refractivity contribution in [2.24, 2.45) is 0 Å². The summed E-state index contributed by atoms with van der Waals surface area (Å²) >= 11 is 1.94. The Morgan fingerprint density at radius 3 is 2.07 bits per heavy atom. The summed E-state index contributed by atoms with van der Waals surface area (Å²) in [6.07, 6.45) is 0. The second-order valence-electron chi connectivity index (χ2n) is 12.1. The van der Waals surface area contributed by atoms with Crippen molar-refractivity contribution in [2.45, 2.75) is 19.3 Å². The van der Waals surface area contributed by atoms with Crippen molar-refractivity contribution in [3.05, 3.63) is 126 Å². The van der Waals surface area contributed by atoms with Crippen LogP contribution in [0.25, 0.3) is 80.3 Å². The topological polar surface area (TPSA) is 4.93 Å². The lowest BCUT2D eigenvalue weighted by molar-refractivity contribution is 0.661. The number of rotatable bonds is 1. The van der Waals surface area contributed by atoms with Gasteiger partial charge in [0.25, 0.3) is 0 Å². The maximum Gasteiger partial charge on any atom is 0.0641 e. The van der Waals surface area contributed by atoms with Crippen molar-refractivity contribution >= 4 is 74.9 Å². The SMILES string of the molecule is CC1(C)c2ccccc2-c2cc3c4ccccc4n(-c4ccc5c6ccccc6c6cccc7sc4c5c76)c3cc21. The number of nitrogens with zero attached hydrogens (tertiary/aromatic N) is 1. The van der Waals surface area contributed by atoms with Crippen molar-refractivity contribution in [1.82, 2.24) is 4.57 Å². The number of fused-ring (bicyclic) bond motifs is 9. The summed E-state index contributed by atoms with van der Waals surface area (Å²) in [7, 11) is 0. The summed E-state index contributed by atoms with van der Waals surface area (Å²) < 4.78 is 5.27. The molecule has 0 saturated heterocycles. The molecule has 0 bridgehead atoms. The third-order valence-corrected chi connectivity index (χ3v) is 10.9. The highest BCUT2D eigenvalue weighted by atomic mass is 32.1. The largest absolute Gasteiger partial charge is 0.308 e. The lowest BCUT2D eigenvalue weighted by atomic mass is 9.82. The predicted octanol–water partition coefficient (Wildman–Crippen LogP) is 11.2. The lowest BCUT2D eigenvalue weighted by Crippen LogP contribution is -2.14. The Morgan fingerprint density at radius 2 is 1.22 bits per heavy atom. The normalized spacial score (nSPS) is 14.3. The van der Waals surface area contributed by atoms with Gasteiger partial charge in [0.2, 0.25) is 0 Å². The van der Waals surface area contributed by atoms with Gasteiger partial charge >= 0.3 is 0 Å². The van der Waals surface area contributed by atoms with E-state index in [0.29, 0.717) is 0 Å². The van der Waals surface area contributed by atoms with E-state index in [1.807, 2.05) is 11.3 Å². The third kappa shape index (κ3) is 2.58. The van der Waals surface area contributed by atoms with Crippen LogP contribution in [0.3, 0.4) is 0 Å². The zero-order valence-corrected chi connectivity index (χ0v) is 23.6. The fourth-order valence-electron chi connectivity index (χ4n) is 7.91. The van der Waals surface area contributed by atoms with Crippen LogP contribution in [0.2, 0.25) is 0 Å². The van der Waals surface area contributed by atoms with Crippen LogP contribution in [0.4, 0.5) is 0 Å². The molecule has 9 aromatic rings. The zero-order chi connectivity index (χ0) is 27.0. The maximum absolute atomic E-state index is 2.54. The van der Waals surface area contributed by atoms with Crippen LogP contribution >= 0.6 is 11.3 Å². The molecule has 2 heteroatoms. The van der Waals surface area contributed by atoms with Gasteiger partial charge in [-0.2, -0.15) is 0 Å². The van der Waals surface area contributed by atoms with Crippen LogP contribution in [0.5, 0.6) is 0 Å². The molecule has 0 N–H and O–H groups in total. The number of hydrogen-bond donors (Lipinski definition) is 0. The minimum atomic E-state index is -0.0440. The van der Waals surface area contributed by atoms with Crippen LogP contribution in [-0.2, 0) is 5.41 Å². The summed E-state index contributed by atoms with van der Waals surface area (Å²) in [6, 6.07) is 43.3. The molecule has 0 fully saturated rings. The second-order valence-corrected chi connectivity index (χ2v) is 13.2. The van der Waals surface area contributed by atoms with Gasteiger partial charge in [0.05, 0.1) is 21.4 Å². The molecule has 1 aliphatic rings. The van der Waals surface area contributed by atoms with E-state index in [2.05, 4.69) is 134 Å². The third-order valence-electron chi connectivity index (χ3n) is 9.75. The molecule has 192 valence electrons. The molecule has 0 atom stereocenters. The van der Waals surface area contributed by atoms with E-state index in [1.54, 1.807) is 0 Å². The van der Waals surface area contributed by atoms with E-state index in [4.69, 9.17) is 0 Å². The molecule has 7 aromatic carbocycles. The van der Waals surface area contributed by atoms with E-state index in [1.165, 1.54) is 91.5 Å². The lowest BCUT2D eigenvalue weighted by Gasteiger charge is -2.21. The molecular formula is C39H25NS. The standard InChI is InChI=1S/C39H25NS/c1-39(2)30-15-7-5-12-24(30)28-20-29-25-13-6-8-16-32(25)40(34(29)21-31(28)39)33-19-18-27-23-11-4-3-10-22(23)26-14-9-17-35-36(26)37(27)38(33)41-35/h3-21H,1-2H3. The molecule has 10 rings (SSSR count). The average molecular weight is 540 g/mol. The summed E-state index contributed by atoms with van der Waals surface area (Å²) in [5.41, 5.74) is 9.36. The van der Waals surface area contributed by atoms with E-state index in [9.17, 15) is 0 Å². The Bertz CT molecular complexity index is 2560. The monoisotopic (exact) mass is 539 g/mol. The van der Waals surface area contributed by atoms with Gasteiger partial charge in [-0.05, 0) is 74.1 Å². The highest BCUT2D eigenvalue weighted by molar-refractivity contribution is 7.26. The van der Waals surface area contributed by atoms with Crippen LogP contribution in [0.15, 0.2) is 115 Å². The molecule has 0 aliphatic heterocycles. The Hall–Kier alpha value is -4.66. The van der Waals surface area contributed by atoms with Crippen molar-refractivity contribution in [3.63, 3.8) is 0 Å². The molecular weight excluding hydrogens is 515 g/mol. The molecule has 0 amide bonds. The molecule has 0 spiro atoms. The Kier molecular flexibility index (Phi) is 3.95. The van der Waals surface area contributed by atoms with Gasteiger partial charge in [-0.25, -0.2) is 0 Å². The summed E-state index contributed by atoms with van der Waals surface area (Å²) in [6.45, 7) is 4.75. The Labute approximate surface area is 241 Å². The fourth-order valence-corrected chi connectivity index (χ4v) is 9.17. The minimum absolute atomic E-state index is 0.0440. The molecule has 0 unspecified atom stereocenters. The smallest absolute Gasteiger partial charge is 0.0641 e. The van der Waals surface area contributed by atoms with Gasteiger partial charge < -0.3 is 4.57 Å². The summed E-state index contributed by atoms with van der Waals surface area (Å²) in [5, 5.41) is 10.8. The zero-order valence-electron chi connectivity index (χ0n) is 22.8. The minimum Gasteiger partial charge on any atom is -0.308 e. The van der Waals surface area contributed by atoms with E-state index < -0.39 is 0 Å². The van der Waals surface area contributed by atoms with Crippen molar-refractivity contribution < 1.29 is 0 Å². The quantitative estimate of drug-likeness (QED) is 0.183. The van der Waals surface area contributed by atoms with Gasteiger partial charge in [-0.3, -0.25) is 0 Å². The molecule has 0 saturated carbocycles. The first-order chi connectivity index (χ1) is 20.1. The first kappa shape index (κ1) is 22.1. The number of aromatic nitrogens is 1. The highest BCUT2D eigenvalue weighted by Crippen LogP contribution is 2.52. The Balaban J connectivity index is 1.38. The predicted molar refractivity (Wildman–Crippen MR) is 177 cm³/mol. The van der Waals surface area contributed by atoms with Gasteiger partial charge in [-0.1, -0.05) is 98.8 Å². The van der Waals surface area contributed by atoms with Crippen molar-refractivity contribution in [3.8, 4) is 16.8 Å². The van der Waals surface area contributed by atoms with Crippen molar-refractivity contribution in [1.29, 1.82) is 0 Å². The van der Waals surface area contributed by atoms with Gasteiger partial charge in [0.15, 0.2) is 0 Å².